The van der Waals surface area contributed by atoms with Crippen LogP contribution in [0.15, 0.2) is 24.3 Å². The van der Waals surface area contributed by atoms with Gasteiger partial charge in [0.15, 0.2) is 5.96 Å². The molecule has 57 heteroatoms. The molecule has 4 saturated heterocycles. The van der Waals surface area contributed by atoms with Gasteiger partial charge in [0.25, 0.3) is 0 Å². The van der Waals surface area contributed by atoms with E-state index in [-0.39, 0.29) is 115 Å². The third kappa shape index (κ3) is 35.6. The number of likely N-dealkylation sites (tertiary alicyclic amines) is 4. The Balaban J connectivity index is 1.19. The maximum Gasteiger partial charge on any atom is 0.326 e. The fraction of sp³-hybridized carbons (Fsp3) is 0.633. The molecule has 0 unspecified atom stereocenters. The molecule has 19 amide bonds. The van der Waals surface area contributed by atoms with Gasteiger partial charge in [-0.2, -0.15) is 0 Å². The normalized spacial score (nSPS) is 18.2. The minimum atomic E-state index is -2.10. The molecule has 4 fully saturated rings. The van der Waals surface area contributed by atoms with Crippen molar-refractivity contribution in [2.75, 3.05) is 112 Å². The van der Waals surface area contributed by atoms with Gasteiger partial charge < -0.3 is 178 Å². The molecule has 16 atom stereocenters. The van der Waals surface area contributed by atoms with Crippen LogP contribution in [0.25, 0.3) is 0 Å². The predicted molar refractivity (Wildman–Crippen MR) is 460 cm³/mol. The van der Waals surface area contributed by atoms with Crippen molar-refractivity contribution >= 4 is 136 Å². The van der Waals surface area contributed by atoms with Crippen LogP contribution in [0.5, 0.6) is 5.75 Å². The lowest BCUT2D eigenvalue weighted by molar-refractivity contribution is -0.149. The van der Waals surface area contributed by atoms with Crippen LogP contribution in [0.3, 0.4) is 0 Å². The van der Waals surface area contributed by atoms with Crippen molar-refractivity contribution in [3.8, 4) is 5.75 Å². The number of hydrogen-bond acceptors (Lipinski definition) is 33. The number of aliphatic hydroxyl groups excluding tert-OH is 7. The van der Waals surface area contributed by atoms with E-state index in [9.17, 15) is 157 Å². The molecule has 4 aliphatic rings. The Morgan fingerprint density at radius 1 is 0.368 bits per heavy atom. The van der Waals surface area contributed by atoms with Crippen LogP contribution in [0, 0.1) is 5.41 Å². The fourth-order valence-corrected chi connectivity index (χ4v) is 14.8. The smallest absolute Gasteiger partial charge is 0.326 e. The number of unbranched alkanes of at least 4 members (excludes halogenated alkanes) is 1. The zero-order valence-electron chi connectivity index (χ0n) is 74.0. The highest BCUT2D eigenvalue weighted by Gasteiger charge is 2.47. The standard InChI is InChI=1S/C79H122N24O33/c80-20-2-1-8-42(94-73(130)54-11-5-23-101(54)77(134)55-12-6-24-102(55)74(131)44(18-19-61(116)117)89-57(112)28-85-64(121)47(33-105)95-63(120)41(81)32-104)67(124)96-48(34-106)65(122)87-30-59(114)91-46(27-62(118)119)70(127)93-43(9-3-21-84-79(82)83)68(125)97-49(35-107)66(123)86-29-58(113)90-45(26-39-14-16-40(111)17-15-39)69(126)98-50(36-108)71(128)99-52(38-110)76(133)100-22-4-10-53(100)72(129)88-31-60(115)92-51(37-109)75(132)103-25-7-13-56(103)78(135)136/h14-17,41-56,104-111H,1-13,18-38,80-81H2,(H,85,121)(H,86,123)(H,87,122)(H,88,129)(H,89,112)(H,90,113)(H,91,114)(H,92,115)(H,93,127)(H,94,130)(H,95,120)(H,96,124)(H,97,125)(H,98,126)(H,99,128)(H,116,117)(H,118,119)(H,135,136)(H4,82,83,84)/t41-,42-,43-,44-,45-,46-,47-,48-,49-,50-,51-,52-,53-,54-,55-,56-/m0/s1. The van der Waals surface area contributed by atoms with Crippen molar-refractivity contribution in [3.05, 3.63) is 29.8 Å². The number of carbonyl (C=O) groups is 22. The van der Waals surface area contributed by atoms with Gasteiger partial charge in [0, 0.05) is 45.6 Å². The molecule has 1 aromatic rings. The number of nitrogens with one attached hydrogen (secondary N) is 17. The summed E-state index contributed by atoms with van der Waals surface area (Å²) >= 11 is 0. The maximum absolute atomic E-state index is 14.5. The SMILES string of the molecule is N=C(N)NCCC[C@H](NC(=O)[C@H](CC(=O)O)NC(=O)CNC(=O)[C@H](CO)NC(=O)[C@H](CCCCN)NC(=O)[C@@H]1CCCN1C(=O)[C@@H]1CCCN1C(=O)[C@H](CCC(=O)O)NC(=O)CNC(=O)[C@H](CO)NC(=O)[C@@H](N)CO)C(=O)N[C@@H](CO)C(=O)NCC(=O)N[C@@H](Cc1ccc(O)cc1)C(=O)N[C@@H](CO)C(=O)N[C@@H](CO)C(=O)N1CCC[C@H]1C(=O)NCC(=O)N[C@@H](CO)C(=O)N1CCC[C@H]1C(=O)O. The highest BCUT2D eigenvalue weighted by Crippen LogP contribution is 2.28. The van der Waals surface area contributed by atoms with Gasteiger partial charge in [-0.05, 0) is 114 Å². The number of carboxylic acid groups (broad SMARTS) is 3. The minimum absolute atomic E-state index is 0.0103. The molecule has 1 aromatic carbocycles. The Labute approximate surface area is 775 Å². The van der Waals surface area contributed by atoms with Crippen LogP contribution in [0.4, 0.5) is 0 Å². The largest absolute Gasteiger partial charge is 0.508 e. The Morgan fingerprint density at radius 3 is 1.21 bits per heavy atom. The second kappa shape index (κ2) is 57.1. The number of carbonyl (C=O) groups excluding carboxylic acids is 19. The summed E-state index contributed by atoms with van der Waals surface area (Å²) in [5.41, 5.74) is 16.8. The van der Waals surface area contributed by atoms with Crippen LogP contribution in [0.1, 0.15) is 108 Å². The zero-order chi connectivity index (χ0) is 101. The first-order chi connectivity index (χ1) is 64.6. The second-order valence-corrected chi connectivity index (χ2v) is 31.9. The summed E-state index contributed by atoms with van der Waals surface area (Å²) in [5, 5.41) is 152. The van der Waals surface area contributed by atoms with Crippen molar-refractivity contribution in [2.24, 2.45) is 17.2 Å². The topological polar surface area (TPSA) is 905 Å². The lowest BCUT2D eigenvalue weighted by Crippen LogP contribution is -2.60. The number of amides is 19. The first-order valence-corrected chi connectivity index (χ1v) is 43.5. The number of aromatic hydroxyl groups is 1. The average Bonchev–Trinajstić information content (AvgIpc) is 1.65. The average molecular weight is 1940 g/mol. The van der Waals surface area contributed by atoms with Crippen molar-refractivity contribution in [3.63, 3.8) is 0 Å². The number of aliphatic carboxylic acids is 3. The van der Waals surface area contributed by atoms with Gasteiger partial charge in [-0.25, -0.2) is 4.79 Å². The lowest BCUT2D eigenvalue weighted by atomic mass is 10.0. The summed E-state index contributed by atoms with van der Waals surface area (Å²) in [6, 6.07) is -21.1. The van der Waals surface area contributed by atoms with Gasteiger partial charge in [-0.1, -0.05) is 12.1 Å². The third-order valence-electron chi connectivity index (χ3n) is 22.0. The van der Waals surface area contributed by atoms with E-state index in [1.54, 1.807) is 0 Å². The molecule has 0 bridgehead atoms. The van der Waals surface area contributed by atoms with Crippen molar-refractivity contribution in [1.82, 2.24) is 105 Å². The highest BCUT2D eigenvalue weighted by atomic mass is 16.4. The van der Waals surface area contributed by atoms with Crippen LogP contribution >= 0.6 is 0 Å². The summed E-state index contributed by atoms with van der Waals surface area (Å²) in [4.78, 5) is 298. The Hall–Kier alpha value is -13.7. The Kier molecular flexibility index (Phi) is 47.4. The van der Waals surface area contributed by atoms with Gasteiger partial charge in [0.1, 0.15) is 102 Å². The first kappa shape index (κ1) is 113. The number of nitrogens with zero attached hydrogens (tertiary/aromatic N) is 4. The molecule has 0 radical (unpaired) electrons. The fourth-order valence-electron chi connectivity index (χ4n) is 14.8. The molecular weight excluding hydrogens is 1810 g/mol. The molecule has 0 saturated carbocycles. The summed E-state index contributed by atoms with van der Waals surface area (Å²) in [7, 11) is 0. The van der Waals surface area contributed by atoms with Gasteiger partial charge in [-0.3, -0.25) is 106 Å². The molecule has 4 aliphatic heterocycles. The van der Waals surface area contributed by atoms with Crippen molar-refractivity contribution in [1.29, 1.82) is 5.41 Å². The van der Waals surface area contributed by atoms with Gasteiger partial charge >= 0.3 is 17.9 Å². The summed E-state index contributed by atoms with van der Waals surface area (Å²) in [6.45, 7) is -11.5. The monoisotopic (exact) mass is 1930 g/mol. The van der Waals surface area contributed by atoms with Gasteiger partial charge in [0.2, 0.25) is 112 Å². The van der Waals surface area contributed by atoms with Gasteiger partial charge in [-0.15, -0.1) is 0 Å². The van der Waals surface area contributed by atoms with E-state index in [0.717, 1.165) is 14.7 Å². The molecule has 0 aliphatic carbocycles. The van der Waals surface area contributed by atoms with E-state index in [0.29, 0.717) is 12.8 Å². The highest BCUT2D eigenvalue weighted by molar-refractivity contribution is 6.02. The van der Waals surface area contributed by atoms with E-state index in [1.165, 1.54) is 29.2 Å². The van der Waals surface area contributed by atoms with Crippen LogP contribution < -0.4 is 102 Å². The number of guanidine groups is 1. The Morgan fingerprint density at radius 2 is 0.735 bits per heavy atom. The van der Waals surface area contributed by atoms with Crippen LogP contribution in [0.2, 0.25) is 0 Å². The molecule has 34 N–H and O–H groups in total. The van der Waals surface area contributed by atoms with E-state index < -0.39 is 337 Å². The molecule has 136 heavy (non-hydrogen) atoms. The van der Waals surface area contributed by atoms with Crippen LogP contribution in [-0.2, 0) is 112 Å². The summed E-state index contributed by atoms with van der Waals surface area (Å²) in [5.74, 6) is -25.9. The summed E-state index contributed by atoms with van der Waals surface area (Å²) in [6.07, 6.45) is -1.87. The molecule has 4 heterocycles. The molecular formula is C79H122N24O33. The lowest BCUT2D eigenvalue weighted by Gasteiger charge is -2.33. The molecule has 5 rings (SSSR count). The number of rotatable bonds is 57. The first-order valence-electron chi connectivity index (χ1n) is 43.5. The third-order valence-corrected chi connectivity index (χ3v) is 22.0. The van der Waals surface area contributed by atoms with E-state index >= 15 is 0 Å². The predicted octanol–water partition coefficient (Wildman–Crippen LogP) is -17.2. The van der Waals surface area contributed by atoms with Gasteiger partial charge in [0.05, 0.1) is 78.8 Å². The van der Waals surface area contributed by atoms with Crippen molar-refractivity contribution < 1.29 is 162 Å². The van der Waals surface area contributed by atoms with E-state index in [2.05, 4.69) is 85.1 Å². The van der Waals surface area contributed by atoms with E-state index in [4.69, 9.17) is 27.7 Å². The number of hydrogen-bond donors (Lipinski definition) is 31. The van der Waals surface area contributed by atoms with Crippen LogP contribution in [-0.4, -0.2) is 420 Å². The van der Waals surface area contributed by atoms with E-state index in [1.807, 2.05) is 0 Å². The maximum atomic E-state index is 14.5. The molecule has 0 spiro atoms. The quantitative estimate of drug-likeness (QED) is 0.0164. The summed E-state index contributed by atoms with van der Waals surface area (Å²) < 4.78 is 0. The number of carboxylic acids is 3. The molecule has 756 valence electrons. The second-order valence-electron chi connectivity index (χ2n) is 31.9. The number of benzene rings is 1. The number of aliphatic hydroxyl groups is 7. The molecule has 0 aromatic heterocycles. The zero-order valence-corrected chi connectivity index (χ0v) is 74.0. The Bertz CT molecular complexity index is 4420. The number of nitrogens with two attached hydrogens (primary N) is 3. The number of phenolic OH excluding ortho intramolecular Hbond substituents is 1. The number of phenols is 1. The van der Waals surface area contributed by atoms with Crippen molar-refractivity contribution in [2.45, 2.75) is 206 Å². The minimum Gasteiger partial charge on any atom is -0.508 e. The molecule has 57 nitrogen and oxygen atoms in total.